The molecule has 20 heavy (non-hydrogen) atoms. The first-order valence-corrected chi connectivity index (χ1v) is 6.83. The van der Waals surface area contributed by atoms with Gasteiger partial charge in [-0.2, -0.15) is 0 Å². The van der Waals surface area contributed by atoms with Crippen molar-refractivity contribution in [2.45, 2.75) is 19.1 Å². The van der Waals surface area contributed by atoms with E-state index >= 15 is 0 Å². The number of cyclic esters (lactones) is 1. The van der Waals surface area contributed by atoms with Crippen LogP contribution in [0.25, 0.3) is 0 Å². The zero-order chi connectivity index (χ0) is 13.9. The Hall–Kier alpha value is -1.95. The largest absolute Gasteiger partial charge is 0.491 e. The summed E-state index contributed by atoms with van der Waals surface area (Å²) in [4.78, 5) is 10.9. The second-order valence-electron chi connectivity index (χ2n) is 4.84. The van der Waals surface area contributed by atoms with Gasteiger partial charge in [0.1, 0.15) is 24.7 Å². The molecule has 0 spiro atoms. The fourth-order valence-electron chi connectivity index (χ4n) is 2.41. The van der Waals surface area contributed by atoms with E-state index in [-0.39, 0.29) is 18.2 Å². The molecule has 2 atom stereocenters. The fraction of sp³-hybridized carbons (Fsp3) is 0.500. The predicted octanol–water partition coefficient (Wildman–Crippen LogP) is 1.22. The molecule has 2 unspecified atom stereocenters. The number of carbonyl (C=O) groups excluding carboxylic acids is 1. The van der Waals surface area contributed by atoms with Crippen molar-refractivity contribution in [1.82, 2.24) is 10.6 Å². The molecular weight excluding hydrogens is 260 g/mol. The van der Waals surface area contributed by atoms with Crippen molar-refractivity contribution in [3.8, 4) is 11.5 Å². The summed E-state index contributed by atoms with van der Waals surface area (Å²) in [5.41, 5.74) is 1.16. The second-order valence-corrected chi connectivity index (χ2v) is 4.84. The molecular formula is C14H18N2O4. The third-order valence-electron chi connectivity index (χ3n) is 3.40. The summed E-state index contributed by atoms with van der Waals surface area (Å²) < 4.78 is 16.3. The lowest BCUT2D eigenvalue weighted by Gasteiger charge is -2.12. The molecule has 0 aromatic heterocycles. The number of alkyl carbamates (subject to hydrolysis) is 1. The standard InChI is InChI=1S/C14H18N2O4/c1-2-15-12-8-19-13-5-9(3-4-11(12)13)18-7-10-6-16-14(17)20-10/h3-5,10,12,15H,2,6-8H2,1H3,(H,16,17). The van der Waals surface area contributed by atoms with Crippen molar-refractivity contribution < 1.29 is 19.0 Å². The first kappa shape index (κ1) is 13.1. The van der Waals surface area contributed by atoms with Crippen molar-refractivity contribution in [2.24, 2.45) is 0 Å². The van der Waals surface area contributed by atoms with Crippen LogP contribution in [0.1, 0.15) is 18.5 Å². The van der Waals surface area contributed by atoms with E-state index in [0.29, 0.717) is 19.8 Å². The minimum Gasteiger partial charge on any atom is -0.491 e. The number of hydrogen-bond acceptors (Lipinski definition) is 5. The highest BCUT2D eigenvalue weighted by Gasteiger charge is 2.25. The molecule has 6 heteroatoms. The Morgan fingerprint density at radius 2 is 2.40 bits per heavy atom. The average molecular weight is 278 g/mol. The van der Waals surface area contributed by atoms with Gasteiger partial charge in [-0.1, -0.05) is 6.92 Å². The second kappa shape index (κ2) is 5.58. The van der Waals surface area contributed by atoms with Crippen LogP contribution >= 0.6 is 0 Å². The molecule has 3 rings (SSSR count). The molecule has 0 radical (unpaired) electrons. The molecule has 0 saturated carbocycles. The van der Waals surface area contributed by atoms with Crippen molar-refractivity contribution in [3.05, 3.63) is 23.8 Å². The van der Waals surface area contributed by atoms with Crippen LogP contribution in [-0.4, -0.2) is 38.5 Å². The molecule has 1 saturated heterocycles. The van der Waals surface area contributed by atoms with E-state index in [2.05, 4.69) is 17.6 Å². The van der Waals surface area contributed by atoms with E-state index in [1.165, 1.54) is 0 Å². The summed E-state index contributed by atoms with van der Waals surface area (Å²) in [6, 6.07) is 6.08. The van der Waals surface area contributed by atoms with Crippen LogP contribution in [-0.2, 0) is 4.74 Å². The van der Waals surface area contributed by atoms with Gasteiger partial charge in [0.2, 0.25) is 0 Å². The van der Waals surface area contributed by atoms with Crippen molar-refractivity contribution in [2.75, 3.05) is 26.3 Å². The smallest absolute Gasteiger partial charge is 0.407 e. The highest BCUT2D eigenvalue weighted by Crippen LogP contribution is 2.35. The molecule has 0 bridgehead atoms. The number of benzene rings is 1. The average Bonchev–Trinajstić information content (AvgIpc) is 3.04. The maximum absolute atomic E-state index is 10.9. The highest BCUT2D eigenvalue weighted by atomic mass is 16.6. The van der Waals surface area contributed by atoms with Gasteiger partial charge in [0, 0.05) is 11.6 Å². The monoisotopic (exact) mass is 278 g/mol. The number of fused-ring (bicyclic) bond motifs is 1. The summed E-state index contributed by atoms with van der Waals surface area (Å²) >= 11 is 0. The maximum Gasteiger partial charge on any atom is 0.407 e. The number of likely N-dealkylation sites (N-methyl/N-ethyl adjacent to an activating group) is 1. The Kier molecular flexibility index (Phi) is 3.64. The molecule has 2 heterocycles. The summed E-state index contributed by atoms with van der Waals surface area (Å²) in [5, 5.41) is 5.96. The van der Waals surface area contributed by atoms with Gasteiger partial charge in [-0.25, -0.2) is 4.79 Å². The zero-order valence-corrected chi connectivity index (χ0v) is 11.3. The summed E-state index contributed by atoms with van der Waals surface area (Å²) in [7, 11) is 0. The molecule has 1 aromatic rings. The van der Waals surface area contributed by atoms with Crippen LogP contribution in [0.5, 0.6) is 11.5 Å². The molecule has 2 N–H and O–H groups in total. The molecule has 1 aromatic carbocycles. The van der Waals surface area contributed by atoms with Gasteiger partial charge in [-0.15, -0.1) is 0 Å². The van der Waals surface area contributed by atoms with Crippen molar-refractivity contribution in [3.63, 3.8) is 0 Å². The molecule has 108 valence electrons. The molecule has 1 fully saturated rings. The van der Waals surface area contributed by atoms with Crippen LogP contribution in [0.2, 0.25) is 0 Å². The summed E-state index contributed by atoms with van der Waals surface area (Å²) in [6.45, 7) is 4.46. The number of rotatable bonds is 5. The first-order valence-electron chi connectivity index (χ1n) is 6.83. The van der Waals surface area contributed by atoms with Crippen molar-refractivity contribution in [1.29, 1.82) is 0 Å². The summed E-state index contributed by atoms with van der Waals surface area (Å²) in [5.74, 6) is 1.58. The number of nitrogens with one attached hydrogen (secondary N) is 2. The van der Waals surface area contributed by atoms with Gasteiger partial charge in [0.25, 0.3) is 0 Å². The van der Waals surface area contributed by atoms with E-state index in [4.69, 9.17) is 14.2 Å². The van der Waals surface area contributed by atoms with E-state index in [0.717, 1.165) is 23.6 Å². The number of amides is 1. The highest BCUT2D eigenvalue weighted by molar-refractivity contribution is 5.69. The third kappa shape index (κ3) is 2.65. The van der Waals surface area contributed by atoms with Gasteiger partial charge >= 0.3 is 6.09 Å². The Morgan fingerprint density at radius 3 is 3.15 bits per heavy atom. The lowest BCUT2D eigenvalue weighted by Crippen LogP contribution is -2.22. The Balaban J connectivity index is 1.60. The lowest BCUT2D eigenvalue weighted by atomic mass is 10.1. The fourth-order valence-corrected chi connectivity index (χ4v) is 2.41. The minimum atomic E-state index is -0.385. The van der Waals surface area contributed by atoms with Gasteiger partial charge in [-0.05, 0) is 18.7 Å². The normalized spacial score (nSPS) is 23.8. The maximum atomic E-state index is 10.9. The first-order chi connectivity index (χ1) is 9.76. The summed E-state index contributed by atoms with van der Waals surface area (Å²) in [6.07, 6.45) is -0.615. The molecule has 2 aliphatic heterocycles. The Labute approximate surface area is 117 Å². The van der Waals surface area contributed by atoms with Crippen LogP contribution in [0.4, 0.5) is 4.79 Å². The number of hydrogen-bond donors (Lipinski definition) is 2. The molecule has 2 aliphatic rings. The van der Waals surface area contributed by atoms with E-state index in [1.54, 1.807) is 0 Å². The van der Waals surface area contributed by atoms with Crippen LogP contribution in [0, 0.1) is 0 Å². The molecule has 0 aliphatic carbocycles. The van der Waals surface area contributed by atoms with Gasteiger partial charge in [-0.3, -0.25) is 0 Å². The van der Waals surface area contributed by atoms with Crippen LogP contribution < -0.4 is 20.1 Å². The van der Waals surface area contributed by atoms with E-state index < -0.39 is 0 Å². The topological polar surface area (TPSA) is 68.8 Å². The van der Waals surface area contributed by atoms with Gasteiger partial charge in [0.05, 0.1) is 12.6 Å². The minimum absolute atomic E-state index is 0.230. The molecule has 1 amide bonds. The quantitative estimate of drug-likeness (QED) is 0.847. The Bertz CT molecular complexity index is 506. The third-order valence-corrected chi connectivity index (χ3v) is 3.40. The van der Waals surface area contributed by atoms with Gasteiger partial charge in [0.15, 0.2) is 6.10 Å². The lowest BCUT2D eigenvalue weighted by molar-refractivity contribution is 0.105. The zero-order valence-electron chi connectivity index (χ0n) is 11.3. The van der Waals surface area contributed by atoms with E-state index in [1.807, 2.05) is 18.2 Å². The van der Waals surface area contributed by atoms with E-state index in [9.17, 15) is 4.79 Å². The van der Waals surface area contributed by atoms with Gasteiger partial charge < -0.3 is 24.8 Å². The van der Waals surface area contributed by atoms with Crippen LogP contribution in [0.3, 0.4) is 0 Å². The SMILES string of the molecule is CCNC1COc2cc(OCC3CNC(=O)O3)ccc21. The van der Waals surface area contributed by atoms with Crippen molar-refractivity contribution >= 4 is 6.09 Å². The number of carbonyl (C=O) groups is 1. The number of ether oxygens (including phenoxy) is 3. The molecule has 6 nitrogen and oxygen atoms in total. The Morgan fingerprint density at radius 1 is 1.50 bits per heavy atom. The van der Waals surface area contributed by atoms with Crippen LogP contribution in [0.15, 0.2) is 18.2 Å². The predicted molar refractivity (Wildman–Crippen MR) is 72.1 cm³/mol.